The molecule has 0 saturated carbocycles. The van der Waals surface area contributed by atoms with E-state index in [2.05, 4.69) is 11.4 Å². The largest absolute Gasteiger partial charge is 0.491 e. The van der Waals surface area contributed by atoms with Gasteiger partial charge in [-0.15, -0.1) is 11.3 Å². The second-order valence-electron chi connectivity index (χ2n) is 3.68. The van der Waals surface area contributed by atoms with Gasteiger partial charge in [-0.3, -0.25) is 0 Å². The quantitative estimate of drug-likeness (QED) is 0.817. The molecule has 18 heavy (non-hydrogen) atoms. The maximum atomic E-state index is 12.8. The molecule has 0 aliphatic rings. The van der Waals surface area contributed by atoms with E-state index in [1.165, 1.54) is 23.1 Å². The lowest BCUT2D eigenvalue weighted by Gasteiger charge is -2.08. The van der Waals surface area contributed by atoms with Gasteiger partial charge in [0.2, 0.25) is 0 Å². The Morgan fingerprint density at radius 1 is 1.33 bits per heavy atom. The second kappa shape index (κ2) is 6.73. The standard InChI is InChI=1S/C13H13ClFNOS/c14-12-8-10(15)3-4-13(12)17-6-5-16-9-11-2-1-7-18-11/h1-4,7-8,16H,5-6,9H2. The number of halogens is 2. The Morgan fingerprint density at radius 3 is 2.94 bits per heavy atom. The molecule has 2 nitrogen and oxygen atoms in total. The predicted molar refractivity (Wildman–Crippen MR) is 72.9 cm³/mol. The zero-order valence-electron chi connectivity index (χ0n) is 9.66. The summed E-state index contributed by atoms with van der Waals surface area (Å²) in [5, 5.41) is 5.60. The van der Waals surface area contributed by atoms with Gasteiger partial charge in [-0.05, 0) is 29.6 Å². The van der Waals surface area contributed by atoms with Crippen molar-refractivity contribution in [1.82, 2.24) is 5.32 Å². The molecule has 0 atom stereocenters. The van der Waals surface area contributed by atoms with Gasteiger partial charge < -0.3 is 10.1 Å². The fourth-order valence-corrected chi connectivity index (χ4v) is 2.35. The van der Waals surface area contributed by atoms with E-state index < -0.39 is 0 Å². The molecule has 5 heteroatoms. The van der Waals surface area contributed by atoms with Crippen LogP contribution in [0.15, 0.2) is 35.7 Å². The van der Waals surface area contributed by atoms with Gasteiger partial charge in [-0.25, -0.2) is 4.39 Å². The van der Waals surface area contributed by atoms with Crippen molar-refractivity contribution < 1.29 is 9.13 Å². The summed E-state index contributed by atoms with van der Waals surface area (Å²) in [5.74, 6) is 0.152. The Bertz CT molecular complexity index is 490. The summed E-state index contributed by atoms with van der Waals surface area (Å²) in [7, 11) is 0. The molecule has 1 N–H and O–H groups in total. The highest BCUT2D eigenvalue weighted by Crippen LogP contribution is 2.24. The zero-order valence-corrected chi connectivity index (χ0v) is 11.2. The number of hydrogen-bond acceptors (Lipinski definition) is 3. The van der Waals surface area contributed by atoms with Crippen molar-refractivity contribution >= 4 is 22.9 Å². The van der Waals surface area contributed by atoms with Crippen LogP contribution in [0, 0.1) is 5.82 Å². The molecule has 0 aliphatic heterocycles. The smallest absolute Gasteiger partial charge is 0.138 e. The summed E-state index contributed by atoms with van der Waals surface area (Å²) in [5.41, 5.74) is 0. The molecule has 1 heterocycles. The maximum absolute atomic E-state index is 12.8. The molecule has 0 aliphatic carbocycles. The second-order valence-corrected chi connectivity index (χ2v) is 5.12. The van der Waals surface area contributed by atoms with E-state index in [-0.39, 0.29) is 5.82 Å². The fraction of sp³-hybridized carbons (Fsp3) is 0.231. The van der Waals surface area contributed by atoms with Gasteiger partial charge in [-0.1, -0.05) is 17.7 Å². The van der Waals surface area contributed by atoms with Crippen LogP contribution in [0.25, 0.3) is 0 Å². The van der Waals surface area contributed by atoms with Crippen molar-refractivity contribution in [1.29, 1.82) is 0 Å². The van der Waals surface area contributed by atoms with E-state index >= 15 is 0 Å². The molecule has 0 spiro atoms. The lowest BCUT2D eigenvalue weighted by molar-refractivity contribution is 0.313. The van der Waals surface area contributed by atoms with E-state index in [0.29, 0.717) is 23.9 Å². The minimum Gasteiger partial charge on any atom is -0.491 e. The zero-order chi connectivity index (χ0) is 12.8. The Kier molecular flexibility index (Phi) is 4.99. The molecule has 1 aromatic carbocycles. The summed E-state index contributed by atoms with van der Waals surface area (Å²) in [6.07, 6.45) is 0. The van der Waals surface area contributed by atoms with Crippen LogP contribution in [0.2, 0.25) is 5.02 Å². The summed E-state index contributed by atoms with van der Waals surface area (Å²) in [6.45, 7) is 2.04. The highest BCUT2D eigenvalue weighted by Gasteiger charge is 2.02. The van der Waals surface area contributed by atoms with Gasteiger partial charge >= 0.3 is 0 Å². The van der Waals surface area contributed by atoms with E-state index in [1.807, 2.05) is 11.4 Å². The third-order valence-corrected chi connectivity index (χ3v) is 3.48. The Balaban J connectivity index is 1.69. The van der Waals surface area contributed by atoms with Crippen molar-refractivity contribution in [3.8, 4) is 5.75 Å². The van der Waals surface area contributed by atoms with Gasteiger partial charge in [0.15, 0.2) is 0 Å². The molecule has 96 valence electrons. The Morgan fingerprint density at radius 2 is 2.22 bits per heavy atom. The molecular weight excluding hydrogens is 273 g/mol. The number of thiophene rings is 1. The summed E-state index contributed by atoms with van der Waals surface area (Å²) in [4.78, 5) is 1.29. The van der Waals surface area contributed by atoms with E-state index in [9.17, 15) is 4.39 Å². The van der Waals surface area contributed by atoms with Crippen LogP contribution < -0.4 is 10.1 Å². The van der Waals surface area contributed by atoms with Crippen molar-refractivity contribution in [3.05, 3.63) is 51.4 Å². The topological polar surface area (TPSA) is 21.3 Å². The fourth-order valence-electron chi connectivity index (χ4n) is 1.45. The number of ether oxygens (including phenoxy) is 1. The van der Waals surface area contributed by atoms with Gasteiger partial charge in [0.05, 0.1) is 5.02 Å². The van der Waals surface area contributed by atoms with Crippen LogP contribution in [0.1, 0.15) is 4.88 Å². The average Bonchev–Trinajstić information content (AvgIpc) is 2.84. The first-order chi connectivity index (χ1) is 8.75. The summed E-state index contributed by atoms with van der Waals surface area (Å²) < 4.78 is 18.2. The van der Waals surface area contributed by atoms with E-state index in [0.717, 1.165) is 6.54 Å². The molecule has 0 amide bonds. The molecule has 0 fully saturated rings. The first-order valence-electron chi connectivity index (χ1n) is 5.56. The summed E-state index contributed by atoms with van der Waals surface area (Å²) >= 11 is 7.56. The maximum Gasteiger partial charge on any atom is 0.138 e. The van der Waals surface area contributed by atoms with Crippen LogP contribution in [0.3, 0.4) is 0 Å². The van der Waals surface area contributed by atoms with Gasteiger partial charge in [-0.2, -0.15) is 0 Å². The predicted octanol–water partition coefficient (Wildman–Crippen LogP) is 3.71. The molecule has 1 aromatic heterocycles. The molecule has 0 saturated heterocycles. The molecular formula is C13H13ClFNOS. The first-order valence-corrected chi connectivity index (χ1v) is 6.82. The van der Waals surface area contributed by atoms with Crippen LogP contribution in [0.4, 0.5) is 4.39 Å². The monoisotopic (exact) mass is 285 g/mol. The number of hydrogen-bond donors (Lipinski definition) is 1. The van der Waals surface area contributed by atoms with Gasteiger partial charge in [0.1, 0.15) is 18.2 Å². The third kappa shape index (κ3) is 3.98. The SMILES string of the molecule is Fc1ccc(OCCNCc2cccs2)c(Cl)c1. The third-order valence-electron chi connectivity index (χ3n) is 2.31. The number of benzene rings is 1. The molecule has 2 aromatic rings. The first kappa shape index (κ1) is 13.3. The van der Waals surface area contributed by atoms with Crippen molar-refractivity contribution in [2.45, 2.75) is 6.54 Å². The van der Waals surface area contributed by atoms with Crippen molar-refractivity contribution in [3.63, 3.8) is 0 Å². The Hall–Kier alpha value is -1.10. The highest BCUT2D eigenvalue weighted by molar-refractivity contribution is 7.09. The minimum atomic E-state index is -0.358. The van der Waals surface area contributed by atoms with Crippen LogP contribution >= 0.6 is 22.9 Å². The van der Waals surface area contributed by atoms with Crippen LogP contribution in [-0.2, 0) is 6.54 Å². The normalized spacial score (nSPS) is 10.6. The average molecular weight is 286 g/mol. The molecule has 2 rings (SSSR count). The number of rotatable bonds is 6. The molecule has 0 unspecified atom stereocenters. The lowest BCUT2D eigenvalue weighted by Crippen LogP contribution is -2.20. The van der Waals surface area contributed by atoms with E-state index in [1.54, 1.807) is 11.3 Å². The number of nitrogens with one attached hydrogen (secondary N) is 1. The van der Waals surface area contributed by atoms with Crippen LogP contribution in [0.5, 0.6) is 5.75 Å². The molecule has 0 bridgehead atoms. The van der Waals surface area contributed by atoms with E-state index in [4.69, 9.17) is 16.3 Å². The van der Waals surface area contributed by atoms with Crippen molar-refractivity contribution in [2.24, 2.45) is 0 Å². The Labute approximate surface area is 114 Å². The highest BCUT2D eigenvalue weighted by atomic mass is 35.5. The van der Waals surface area contributed by atoms with Gasteiger partial charge in [0.25, 0.3) is 0 Å². The van der Waals surface area contributed by atoms with Crippen LogP contribution in [-0.4, -0.2) is 13.2 Å². The minimum absolute atomic E-state index is 0.299. The molecule has 0 radical (unpaired) electrons. The van der Waals surface area contributed by atoms with Gasteiger partial charge in [0, 0.05) is 18.0 Å². The summed E-state index contributed by atoms with van der Waals surface area (Å²) in [6, 6.07) is 8.22. The van der Waals surface area contributed by atoms with Crippen molar-refractivity contribution in [2.75, 3.05) is 13.2 Å². The lowest BCUT2D eigenvalue weighted by atomic mass is 10.3.